The summed E-state index contributed by atoms with van der Waals surface area (Å²) in [6.07, 6.45) is -0.590. The van der Waals surface area contributed by atoms with E-state index in [2.05, 4.69) is 5.32 Å². The monoisotopic (exact) mass is 287 g/mol. The van der Waals surface area contributed by atoms with Crippen LogP contribution in [0.3, 0.4) is 0 Å². The number of carbonyl (C=O) groups excluding carboxylic acids is 1. The van der Waals surface area contributed by atoms with Gasteiger partial charge in [-0.25, -0.2) is 4.39 Å². The average molecular weight is 287 g/mol. The van der Waals surface area contributed by atoms with Crippen molar-refractivity contribution in [3.63, 3.8) is 0 Å². The zero-order valence-electron chi connectivity index (χ0n) is 12.1. The summed E-state index contributed by atoms with van der Waals surface area (Å²) in [7, 11) is 0. The lowest BCUT2D eigenvalue weighted by molar-refractivity contribution is -0.127. The lowest BCUT2D eigenvalue weighted by Gasteiger charge is -2.15. The molecule has 0 fully saturated rings. The Morgan fingerprint density at radius 2 is 1.76 bits per heavy atom. The van der Waals surface area contributed by atoms with E-state index < -0.39 is 6.10 Å². The molecule has 2 aromatic carbocycles. The summed E-state index contributed by atoms with van der Waals surface area (Å²) in [5, 5.41) is 2.76. The normalized spacial score (nSPS) is 11.8. The molecule has 0 aromatic heterocycles. The molecular formula is C17H18FNO2. The van der Waals surface area contributed by atoms with Crippen molar-refractivity contribution in [3.8, 4) is 5.75 Å². The van der Waals surface area contributed by atoms with Gasteiger partial charge in [-0.05, 0) is 43.7 Å². The van der Waals surface area contributed by atoms with E-state index in [1.807, 2.05) is 31.2 Å². The van der Waals surface area contributed by atoms with Crippen LogP contribution in [0.25, 0.3) is 0 Å². The lowest BCUT2D eigenvalue weighted by Crippen LogP contribution is -2.35. The summed E-state index contributed by atoms with van der Waals surface area (Å²) >= 11 is 0. The number of halogens is 1. The zero-order chi connectivity index (χ0) is 15.2. The van der Waals surface area contributed by atoms with Gasteiger partial charge in [-0.15, -0.1) is 0 Å². The number of hydrogen-bond donors (Lipinski definition) is 1. The number of ether oxygens (including phenoxy) is 1. The van der Waals surface area contributed by atoms with Crippen LogP contribution in [0.1, 0.15) is 18.1 Å². The van der Waals surface area contributed by atoms with Gasteiger partial charge in [0, 0.05) is 6.54 Å². The van der Waals surface area contributed by atoms with Crippen LogP contribution in [0.2, 0.25) is 0 Å². The van der Waals surface area contributed by atoms with E-state index in [0.717, 1.165) is 11.1 Å². The van der Waals surface area contributed by atoms with Crippen LogP contribution in [0.5, 0.6) is 5.75 Å². The van der Waals surface area contributed by atoms with Crippen molar-refractivity contribution >= 4 is 5.91 Å². The van der Waals surface area contributed by atoms with Crippen LogP contribution < -0.4 is 10.1 Å². The molecule has 2 rings (SSSR count). The molecule has 0 saturated heterocycles. The molecule has 0 aliphatic rings. The van der Waals surface area contributed by atoms with Gasteiger partial charge in [0.25, 0.3) is 5.91 Å². The Hall–Kier alpha value is -2.36. The molecule has 4 heteroatoms. The minimum Gasteiger partial charge on any atom is -0.481 e. The molecule has 0 aliphatic heterocycles. The summed E-state index contributed by atoms with van der Waals surface area (Å²) in [6, 6.07) is 13.5. The van der Waals surface area contributed by atoms with Crippen LogP contribution in [0.15, 0.2) is 48.5 Å². The minimum absolute atomic E-state index is 0.208. The summed E-state index contributed by atoms with van der Waals surface area (Å²) in [6.45, 7) is 4.03. The molecule has 0 heterocycles. The molecule has 110 valence electrons. The third kappa shape index (κ3) is 4.60. The van der Waals surface area contributed by atoms with E-state index >= 15 is 0 Å². The Labute approximate surface area is 123 Å². The minimum atomic E-state index is -0.590. The molecule has 3 nitrogen and oxygen atoms in total. The molecule has 0 aliphatic carbocycles. The Bertz CT molecular complexity index is 593. The number of nitrogens with one attached hydrogen (secondary N) is 1. The molecule has 1 N–H and O–H groups in total. The first-order valence-corrected chi connectivity index (χ1v) is 6.80. The van der Waals surface area contributed by atoms with Gasteiger partial charge in [-0.2, -0.15) is 0 Å². The van der Waals surface area contributed by atoms with Crippen molar-refractivity contribution in [2.24, 2.45) is 0 Å². The van der Waals surface area contributed by atoms with Crippen molar-refractivity contribution < 1.29 is 13.9 Å². The highest BCUT2D eigenvalue weighted by atomic mass is 19.1. The summed E-state index contributed by atoms with van der Waals surface area (Å²) in [4.78, 5) is 11.9. The topological polar surface area (TPSA) is 38.3 Å². The van der Waals surface area contributed by atoms with Gasteiger partial charge in [0.2, 0.25) is 0 Å². The number of amides is 1. The highest BCUT2D eigenvalue weighted by molar-refractivity contribution is 5.80. The second-order valence-electron chi connectivity index (χ2n) is 4.92. The summed E-state index contributed by atoms with van der Waals surface area (Å²) in [5.74, 6) is 0.158. The quantitative estimate of drug-likeness (QED) is 0.917. The van der Waals surface area contributed by atoms with E-state index in [1.54, 1.807) is 19.1 Å². The Morgan fingerprint density at radius 3 is 2.38 bits per heavy atom. The van der Waals surface area contributed by atoms with E-state index in [4.69, 9.17) is 4.74 Å². The highest BCUT2D eigenvalue weighted by Gasteiger charge is 2.14. The van der Waals surface area contributed by atoms with E-state index in [1.165, 1.54) is 12.1 Å². The van der Waals surface area contributed by atoms with Crippen molar-refractivity contribution in [1.29, 1.82) is 0 Å². The number of hydrogen-bond acceptors (Lipinski definition) is 2. The van der Waals surface area contributed by atoms with E-state index in [-0.39, 0.29) is 11.7 Å². The van der Waals surface area contributed by atoms with Gasteiger partial charge in [0.05, 0.1) is 0 Å². The van der Waals surface area contributed by atoms with Gasteiger partial charge in [0.1, 0.15) is 11.6 Å². The number of carbonyl (C=O) groups is 1. The molecule has 2 aromatic rings. The van der Waals surface area contributed by atoms with Crippen LogP contribution >= 0.6 is 0 Å². The highest BCUT2D eigenvalue weighted by Crippen LogP contribution is 2.13. The predicted octanol–water partition coefficient (Wildman–Crippen LogP) is 3.22. The predicted molar refractivity (Wildman–Crippen MR) is 79.5 cm³/mol. The first-order valence-electron chi connectivity index (χ1n) is 6.80. The fraction of sp³-hybridized carbons (Fsp3) is 0.235. The van der Waals surface area contributed by atoms with Gasteiger partial charge >= 0.3 is 0 Å². The number of aryl methyl sites for hydroxylation is 1. The fourth-order valence-corrected chi connectivity index (χ4v) is 1.81. The summed E-state index contributed by atoms with van der Waals surface area (Å²) in [5.41, 5.74) is 1.98. The standard InChI is InChI=1S/C17H18FNO2/c1-12-3-9-16(10-4-12)21-13(2)17(20)19-11-14-5-7-15(18)8-6-14/h3-10,13H,11H2,1-2H3,(H,19,20)/t13-/m1/s1. The zero-order valence-corrected chi connectivity index (χ0v) is 12.1. The molecule has 21 heavy (non-hydrogen) atoms. The average Bonchev–Trinajstić information content (AvgIpc) is 2.48. The maximum absolute atomic E-state index is 12.8. The van der Waals surface area contributed by atoms with E-state index in [9.17, 15) is 9.18 Å². The van der Waals surface area contributed by atoms with Crippen molar-refractivity contribution in [1.82, 2.24) is 5.32 Å². The Balaban J connectivity index is 1.84. The largest absolute Gasteiger partial charge is 0.481 e. The molecule has 0 saturated carbocycles. The molecule has 0 spiro atoms. The molecule has 1 amide bonds. The number of benzene rings is 2. The van der Waals surface area contributed by atoms with Crippen LogP contribution in [-0.2, 0) is 11.3 Å². The third-order valence-corrected chi connectivity index (χ3v) is 3.08. The van der Waals surface area contributed by atoms with Gasteiger partial charge in [-0.1, -0.05) is 29.8 Å². The maximum atomic E-state index is 12.8. The van der Waals surface area contributed by atoms with Gasteiger partial charge < -0.3 is 10.1 Å². The fourth-order valence-electron chi connectivity index (χ4n) is 1.81. The summed E-state index contributed by atoms with van der Waals surface area (Å²) < 4.78 is 18.3. The molecular weight excluding hydrogens is 269 g/mol. The first-order chi connectivity index (χ1) is 10.0. The SMILES string of the molecule is Cc1ccc(O[C@H](C)C(=O)NCc2ccc(F)cc2)cc1. The third-order valence-electron chi connectivity index (χ3n) is 3.08. The second-order valence-corrected chi connectivity index (χ2v) is 4.92. The smallest absolute Gasteiger partial charge is 0.261 e. The molecule has 0 radical (unpaired) electrons. The maximum Gasteiger partial charge on any atom is 0.261 e. The van der Waals surface area contributed by atoms with Crippen LogP contribution in [0.4, 0.5) is 4.39 Å². The molecule has 0 unspecified atom stereocenters. The van der Waals surface area contributed by atoms with E-state index in [0.29, 0.717) is 12.3 Å². The Morgan fingerprint density at radius 1 is 1.14 bits per heavy atom. The van der Waals surface area contributed by atoms with Crippen LogP contribution in [0, 0.1) is 12.7 Å². The molecule has 0 bridgehead atoms. The van der Waals surface area contributed by atoms with Crippen molar-refractivity contribution in [2.45, 2.75) is 26.5 Å². The van der Waals surface area contributed by atoms with Crippen molar-refractivity contribution in [3.05, 3.63) is 65.5 Å². The van der Waals surface area contributed by atoms with Crippen LogP contribution in [-0.4, -0.2) is 12.0 Å². The first kappa shape index (κ1) is 15.0. The number of rotatable bonds is 5. The van der Waals surface area contributed by atoms with Gasteiger partial charge in [-0.3, -0.25) is 4.79 Å². The van der Waals surface area contributed by atoms with Gasteiger partial charge in [0.15, 0.2) is 6.10 Å². The molecule has 1 atom stereocenters. The van der Waals surface area contributed by atoms with Crippen molar-refractivity contribution in [2.75, 3.05) is 0 Å². The lowest BCUT2D eigenvalue weighted by atomic mass is 10.2. The second kappa shape index (κ2) is 6.88. The Kier molecular flexibility index (Phi) is 4.93.